The highest BCUT2D eigenvalue weighted by Crippen LogP contribution is 2.24. The van der Waals surface area contributed by atoms with E-state index in [-0.39, 0.29) is 5.41 Å². The van der Waals surface area contributed by atoms with Gasteiger partial charge in [-0.25, -0.2) is 0 Å². The molecule has 0 bridgehead atoms. The Morgan fingerprint density at radius 2 is 1.57 bits per heavy atom. The van der Waals surface area contributed by atoms with Crippen LogP contribution in [0.15, 0.2) is 53.5 Å². The molecule has 0 N–H and O–H groups in total. The summed E-state index contributed by atoms with van der Waals surface area (Å²) >= 11 is 0. The van der Waals surface area contributed by atoms with Crippen LogP contribution < -0.4 is 4.74 Å². The van der Waals surface area contributed by atoms with E-state index in [1.807, 2.05) is 37.4 Å². The Kier molecular flexibility index (Phi) is 4.79. The molecule has 0 amide bonds. The van der Waals surface area contributed by atoms with E-state index in [1.165, 1.54) is 5.56 Å². The van der Waals surface area contributed by atoms with Gasteiger partial charge in [0, 0.05) is 6.21 Å². The number of aliphatic imine (C=N–C) groups is 1. The van der Waals surface area contributed by atoms with Crippen LogP contribution >= 0.6 is 0 Å². The molecular weight excluding hydrogens is 258 g/mol. The summed E-state index contributed by atoms with van der Waals surface area (Å²) < 4.78 is 5.42. The lowest BCUT2D eigenvalue weighted by atomic mass is 9.87. The van der Waals surface area contributed by atoms with E-state index in [4.69, 9.17) is 4.74 Å². The molecule has 0 aliphatic heterocycles. The molecule has 0 aliphatic rings. The van der Waals surface area contributed by atoms with Gasteiger partial charge in [0.1, 0.15) is 5.75 Å². The van der Waals surface area contributed by atoms with Gasteiger partial charge < -0.3 is 4.74 Å². The highest BCUT2D eigenvalue weighted by atomic mass is 16.5. The van der Waals surface area contributed by atoms with Crippen molar-refractivity contribution in [1.82, 2.24) is 0 Å². The molecule has 0 aliphatic carbocycles. The Labute approximate surface area is 127 Å². The SMILES string of the molecule is CCOc1ccc(C=Nc2ccc(C(C)(C)C)cc2)cc1. The van der Waals surface area contributed by atoms with Crippen LogP contribution in [-0.4, -0.2) is 12.8 Å². The quantitative estimate of drug-likeness (QED) is 0.712. The van der Waals surface area contributed by atoms with E-state index in [9.17, 15) is 0 Å². The molecule has 21 heavy (non-hydrogen) atoms. The number of hydrogen-bond acceptors (Lipinski definition) is 2. The second-order valence-electron chi connectivity index (χ2n) is 6.06. The number of hydrogen-bond donors (Lipinski definition) is 0. The average molecular weight is 281 g/mol. The Morgan fingerprint density at radius 1 is 0.952 bits per heavy atom. The lowest BCUT2D eigenvalue weighted by Gasteiger charge is -2.18. The molecule has 0 atom stereocenters. The van der Waals surface area contributed by atoms with E-state index in [0.717, 1.165) is 17.0 Å². The summed E-state index contributed by atoms with van der Waals surface area (Å²) in [4.78, 5) is 4.51. The molecule has 0 saturated heterocycles. The third kappa shape index (κ3) is 4.45. The minimum absolute atomic E-state index is 0.178. The van der Waals surface area contributed by atoms with E-state index in [1.54, 1.807) is 0 Å². The Morgan fingerprint density at radius 3 is 2.10 bits per heavy atom. The number of nitrogens with zero attached hydrogens (tertiary/aromatic N) is 1. The van der Waals surface area contributed by atoms with E-state index >= 15 is 0 Å². The van der Waals surface area contributed by atoms with Gasteiger partial charge in [-0.3, -0.25) is 4.99 Å². The van der Waals surface area contributed by atoms with Gasteiger partial charge in [0.25, 0.3) is 0 Å². The largest absolute Gasteiger partial charge is 0.494 e. The molecule has 0 unspecified atom stereocenters. The molecule has 0 heterocycles. The smallest absolute Gasteiger partial charge is 0.119 e. The molecule has 2 aromatic carbocycles. The fourth-order valence-corrected chi connectivity index (χ4v) is 2.01. The maximum Gasteiger partial charge on any atom is 0.119 e. The zero-order valence-electron chi connectivity index (χ0n) is 13.3. The Bertz CT molecular complexity index is 589. The first-order valence-corrected chi connectivity index (χ1v) is 7.36. The van der Waals surface area contributed by atoms with Crippen LogP contribution in [0.3, 0.4) is 0 Å². The highest BCUT2D eigenvalue weighted by molar-refractivity contribution is 5.82. The molecular formula is C19H23NO. The lowest BCUT2D eigenvalue weighted by molar-refractivity contribution is 0.340. The van der Waals surface area contributed by atoms with Crippen molar-refractivity contribution in [2.75, 3.05) is 6.61 Å². The van der Waals surface area contributed by atoms with Gasteiger partial charge in [0.15, 0.2) is 0 Å². The summed E-state index contributed by atoms with van der Waals surface area (Å²) in [6.45, 7) is 9.31. The maximum atomic E-state index is 5.42. The zero-order valence-corrected chi connectivity index (χ0v) is 13.3. The summed E-state index contributed by atoms with van der Waals surface area (Å²) in [5.74, 6) is 0.893. The zero-order chi connectivity index (χ0) is 15.3. The van der Waals surface area contributed by atoms with Crippen molar-refractivity contribution >= 4 is 11.9 Å². The van der Waals surface area contributed by atoms with Crippen molar-refractivity contribution < 1.29 is 4.74 Å². The molecule has 0 fully saturated rings. The Hall–Kier alpha value is -2.09. The molecule has 2 heteroatoms. The fraction of sp³-hybridized carbons (Fsp3) is 0.316. The van der Waals surface area contributed by atoms with Gasteiger partial charge in [-0.15, -0.1) is 0 Å². The first-order valence-electron chi connectivity index (χ1n) is 7.36. The minimum Gasteiger partial charge on any atom is -0.494 e. The average Bonchev–Trinajstić information content (AvgIpc) is 2.46. The van der Waals surface area contributed by atoms with Gasteiger partial charge >= 0.3 is 0 Å². The lowest BCUT2D eigenvalue weighted by Crippen LogP contribution is -2.10. The van der Waals surface area contributed by atoms with Crippen molar-refractivity contribution in [3.05, 3.63) is 59.7 Å². The van der Waals surface area contributed by atoms with Crippen LogP contribution in [0.25, 0.3) is 0 Å². The third-order valence-corrected chi connectivity index (χ3v) is 3.29. The van der Waals surface area contributed by atoms with Crippen LogP contribution in [0.5, 0.6) is 5.75 Å². The standard InChI is InChI=1S/C19H23NO/c1-5-21-18-12-6-15(7-13-18)14-20-17-10-8-16(9-11-17)19(2,3)4/h6-14H,5H2,1-4H3. The second-order valence-corrected chi connectivity index (χ2v) is 6.06. The maximum absolute atomic E-state index is 5.42. The van der Waals surface area contributed by atoms with Gasteiger partial charge in [0.2, 0.25) is 0 Å². The topological polar surface area (TPSA) is 21.6 Å². The molecule has 2 nitrogen and oxygen atoms in total. The van der Waals surface area contributed by atoms with Crippen molar-refractivity contribution in [2.24, 2.45) is 4.99 Å². The third-order valence-electron chi connectivity index (χ3n) is 3.29. The predicted octanol–water partition coefficient (Wildman–Crippen LogP) is 5.13. The van der Waals surface area contributed by atoms with Gasteiger partial charge in [-0.1, -0.05) is 32.9 Å². The van der Waals surface area contributed by atoms with Crippen molar-refractivity contribution in [2.45, 2.75) is 33.1 Å². The molecule has 0 saturated carbocycles. The van der Waals surface area contributed by atoms with Gasteiger partial charge in [-0.05, 0) is 59.9 Å². The van der Waals surface area contributed by atoms with Gasteiger partial charge in [0.05, 0.1) is 12.3 Å². The molecule has 0 aromatic heterocycles. The minimum atomic E-state index is 0.178. The van der Waals surface area contributed by atoms with Crippen molar-refractivity contribution in [3.8, 4) is 5.75 Å². The van der Waals surface area contributed by atoms with Gasteiger partial charge in [-0.2, -0.15) is 0 Å². The number of ether oxygens (including phenoxy) is 1. The number of rotatable bonds is 4. The fourth-order valence-electron chi connectivity index (χ4n) is 2.01. The molecule has 0 radical (unpaired) electrons. The van der Waals surface area contributed by atoms with Crippen molar-refractivity contribution in [3.63, 3.8) is 0 Å². The molecule has 2 rings (SSSR count). The van der Waals surface area contributed by atoms with Crippen LogP contribution in [0.2, 0.25) is 0 Å². The van der Waals surface area contributed by atoms with Crippen LogP contribution in [-0.2, 0) is 5.41 Å². The van der Waals surface area contributed by atoms with Crippen LogP contribution in [0.1, 0.15) is 38.8 Å². The normalized spacial score (nSPS) is 11.8. The van der Waals surface area contributed by atoms with E-state index < -0.39 is 0 Å². The summed E-state index contributed by atoms with van der Waals surface area (Å²) in [7, 11) is 0. The number of benzene rings is 2. The summed E-state index contributed by atoms with van der Waals surface area (Å²) in [6, 6.07) is 16.4. The summed E-state index contributed by atoms with van der Waals surface area (Å²) in [5, 5.41) is 0. The first-order chi connectivity index (χ1) is 9.99. The van der Waals surface area contributed by atoms with E-state index in [2.05, 4.69) is 50.0 Å². The summed E-state index contributed by atoms with van der Waals surface area (Å²) in [6.07, 6.45) is 1.88. The van der Waals surface area contributed by atoms with Crippen LogP contribution in [0, 0.1) is 0 Å². The second kappa shape index (κ2) is 6.57. The first kappa shape index (κ1) is 15.3. The van der Waals surface area contributed by atoms with Crippen molar-refractivity contribution in [1.29, 1.82) is 0 Å². The van der Waals surface area contributed by atoms with Crippen LogP contribution in [0.4, 0.5) is 5.69 Å². The molecule has 0 spiro atoms. The monoisotopic (exact) mass is 281 g/mol. The molecule has 2 aromatic rings. The molecule has 110 valence electrons. The predicted molar refractivity (Wildman–Crippen MR) is 90.0 cm³/mol. The highest BCUT2D eigenvalue weighted by Gasteiger charge is 2.12. The Balaban J connectivity index is 2.07. The summed E-state index contributed by atoms with van der Waals surface area (Å²) in [5.41, 5.74) is 3.54. The van der Waals surface area contributed by atoms with E-state index in [0.29, 0.717) is 6.61 Å².